The van der Waals surface area contributed by atoms with Gasteiger partial charge in [0.25, 0.3) is 0 Å². The second-order valence-electron chi connectivity index (χ2n) is 6.84. The minimum atomic E-state index is -1.86. The van der Waals surface area contributed by atoms with E-state index in [9.17, 15) is 4.79 Å². The lowest BCUT2D eigenvalue weighted by molar-refractivity contribution is -0.122. The van der Waals surface area contributed by atoms with Crippen LogP contribution in [0.25, 0.3) is 0 Å². The number of anilines is 1. The summed E-state index contributed by atoms with van der Waals surface area (Å²) in [5, 5.41) is 8.94. The van der Waals surface area contributed by atoms with Gasteiger partial charge in [0.05, 0.1) is 5.92 Å². The van der Waals surface area contributed by atoms with Crippen molar-refractivity contribution in [2.75, 3.05) is 5.32 Å². The van der Waals surface area contributed by atoms with Crippen molar-refractivity contribution >= 4 is 86.3 Å². The molecule has 0 aliphatic rings. The summed E-state index contributed by atoms with van der Waals surface area (Å²) in [4.78, 5) is 13.4. The van der Waals surface area contributed by atoms with Gasteiger partial charge < -0.3 is 16.0 Å². The molecule has 0 saturated heterocycles. The van der Waals surface area contributed by atoms with Crippen LogP contribution >= 0.6 is 69.6 Å². The molecule has 1 amide bonds. The number of thiocarbonyl (C=S) groups is 1. The van der Waals surface area contributed by atoms with Gasteiger partial charge in [0.1, 0.15) is 6.17 Å². The van der Waals surface area contributed by atoms with E-state index >= 15 is 0 Å². The number of carbonyl (C=O) groups is 1. The molecule has 4 nitrogen and oxygen atoms in total. The summed E-state index contributed by atoms with van der Waals surface area (Å²) in [6.07, 6.45) is -1.07. The fourth-order valence-corrected chi connectivity index (χ4v) is 3.97. The lowest BCUT2D eigenvalue weighted by atomic mass is 9.90. The molecule has 3 rings (SSSR count). The molecule has 0 spiro atoms. The molecule has 1 unspecified atom stereocenters. The van der Waals surface area contributed by atoms with Crippen LogP contribution in [0.5, 0.6) is 0 Å². The Labute approximate surface area is 221 Å². The standard InChI is InChI=1S/C23H19Cl3IN3OS/c24-23(25,26)21(30-22(32)28-18-13-11-17(27)12-14-18)29-20(31)19(15-7-3-1-4-8-15)16-9-5-2-6-10-16/h1-14,19,21H,(H,29,31)(H2,28,30,32). The van der Waals surface area contributed by atoms with Crippen molar-refractivity contribution in [3.63, 3.8) is 0 Å². The molecule has 0 radical (unpaired) electrons. The quantitative estimate of drug-likeness (QED) is 0.133. The molecule has 0 aliphatic heterocycles. The smallest absolute Gasteiger partial charge is 0.233 e. The molecule has 0 fully saturated rings. The van der Waals surface area contributed by atoms with Crippen molar-refractivity contribution in [2.45, 2.75) is 15.9 Å². The molecular formula is C23H19Cl3IN3OS. The van der Waals surface area contributed by atoms with Gasteiger partial charge in [-0.1, -0.05) is 95.5 Å². The number of hydrogen-bond donors (Lipinski definition) is 3. The Balaban J connectivity index is 1.79. The van der Waals surface area contributed by atoms with Crippen LogP contribution in [0.4, 0.5) is 5.69 Å². The second-order valence-corrected chi connectivity index (χ2v) is 10.9. The lowest BCUT2D eigenvalue weighted by Crippen LogP contribution is -2.57. The summed E-state index contributed by atoms with van der Waals surface area (Å²) < 4.78 is -0.767. The first-order valence-electron chi connectivity index (χ1n) is 9.54. The first-order chi connectivity index (χ1) is 15.2. The number of hydrogen-bond acceptors (Lipinski definition) is 2. The van der Waals surface area contributed by atoms with Crippen LogP contribution in [0.15, 0.2) is 84.9 Å². The summed E-state index contributed by atoms with van der Waals surface area (Å²) >= 11 is 26.1. The molecular weight excluding hydrogens is 600 g/mol. The summed E-state index contributed by atoms with van der Waals surface area (Å²) in [7, 11) is 0. The normalized spacial score (nSPS) is 12.2. The highest BCUT2D eigenvalue weighted by Crippen LogP contribution is 2.31. The molecule has 0 bridgehead atoms. The predicted octanol–water partition coefficient (Wildman–Crippen LogP) is 6.22. The van der Waals surface area contributed by atoms with Crippen LogP contribution in [0.2, 0.25) is 0 Å². The van der Waals surface area contributed by atoms with Crippen LogP contribution in [0.1, 0.15) is 17.0 Å². The zero-order valence-corrected chi connectivity index (χ0v) is 21.8. The van der Waals surface area contributed by atoms with E-state index in [0.717, 1.165) is 20.4 Å². The van der Waals surface area contributed by atoms with Gasteiger partial charge in [0, 0.05) is 9.26 Å². The van der Waals surface area contributed by atoms with Gasteiger partial charge in [-0.15, -0.1) is 0 Å². The Morgan fingerprint density at radius 3 is 1.78 bits per heavy atom. The van der Waals surface area contributed by atoms with E-state index in [-0.39, 0.29) is 11.0 Å². The summed E-state index contributed by atoms with van der Waals surface area (Å²) in [6.45, 7) is 0. The first-order valence-corrected chi connectivity index (χ1v) is 12.2. The maximum Gasteiger partial charge on any atom is 0.233 e. The third-order valence-corrected chi connectivity index (χ3v) is 6.11. The zero-order chi connectivity index (χ0) is 23.1. The number of alkyl halides is 3. The first kappa shape index (κ1) is 25.1. The van der Waals surface area contributed by atoms with Gasteiger partial charge in [-0.05, 0) is 70.2 Å². The van der Waals surface area contributed by atoms with E-state index in [0.29, 0.717) is 0 Å². The summed E-state index contributed by atoms with van der Waals surface area (Å²) in [5.41, 5.74) is 2.40. The Hall–Kier alpha value is -1.58. The monoisotopic (exact) mass is 617 g/mol. The van der Waals surface area contributed by atoms with Crippen LogP contribution in [-0.4, -0.2) is 21.0 Å². The predicted molar refractivity (Wildman–Crippen MR) is 145 cm³/mol. The van der Waals surface area contributed by atoms with Crippen LogP contribution in [0.3, 0.4) is 0 Å². The van der Waals surface area contributed by atoms with Gasteiger partial charge in [0.15, 0.2) is 5.11 Å². The van der Waals surface area contributed by atoms with Crippen LogP contribution in [-0.2, 0) is 4.79 Å². The molecule has 0 aliphatic carbocycles. The van der Waals surface area contributed by atoms with E-state index in [2.05, 4.69) is 38.5 Å². The van der Waals surface area contributed by atoms with Crippen molar-refractivity contribution in [2.24, 2.45) is 0 Å². The molecule has 0 aromatic heterocycles. The molecule has 9 heteroatoms. The van der Waals surface area contributed by atoms with Crippen molar-refractivity contribution in [1.82, 2.24) is 10.6 Å². The Morgan fingerprint density at radius 1 is 0.812 bits per heavy atom. The van der Waals surface area contributed by atoms with Gasteiger partial charge in [-0.2, -0.15) is 0 Å². The highest BCUT2D eigenvalue weighted by molar-refractivity contribution is 14.1. The third-order valence-electron chi connectivity index (χ3n) is 4.52. The maximum atomic E-state index is 13.4. The van der Waals surface area contributed by atoms with Gasteiger partial charge >= 0.3 is 0 Å². The van der Waals surface area contributed by atoms with Crippen LogP contribution < -0.4 is 16.0 Å². The van der Waals surface area contributed by atoms with Crippen LogP contribution in [0, 0.1) is 3.57 Å². The number of rotatable bonds is 6. The minimum absolute atomic E-state index is 0.207. The summed E-state index contributed by atoms with van der Waals surface area (Å²) in [5.74, 6) is -0.921. The number of carbonyl (C=O) groups excluding carboxylic acids is 1. The fourth-order valence-electron chi connectivity index (χ4n) is 3.04. The number of amides is 1. The second kappa shape index (κ2) is 11.5. The molecule has 32 heavy (non-hydrogen) atoms. The van der Waals surface area contributed by atoms with Gasteiger partial charge in [0.2, 0.25) is 9.70 Å². The molecule has 3 N–H and O–H groups in total. The Morgan fingerprint density at radius 2 is 1.31 bits per heavy atom. The molecule has 1 atom stereocenters. The number of nitrogens with one attached hydrogen (secondary N) is 3. The highest BCUT2D eigenvalue weighted by Gasteiger charge is 2.36. The van der Waals surface area contributed by atoms with Crippen molar-refractivity contribution in [1.29, 1.82) is 0 Å². The van der Waals surface area contributed by atoms with Crippen molar-refractivity contribution < 1.29 is 4.79 Å². The maximum absolute atomic E-state index is 13.4. The lowest BCUT2D eigenvalue weighted by Gasteiger charge is -2.29. The largest absolute Gasteiger partial charge is 0.339 e. The number of benzene rings is 3. The summed E-state index contributed by atoms with van der Waals surface area (Å²) in [6, 6.07) is 26.5. The van der Waals surface area contributed by atoms with Crippen molar-refractivity contribution in [3.8, 4) is 0 Å². The van der Waals surface area contributed by atoms with E-state index in [1.165, 1.54) is 0 Å². The van der Waals surface area contributed by atoms with Gasteiger partial charge in [-0.3, -0.25) is 4.79 Å². The minimum Gasteiger partial charge on any atom is -0.339 e. The molecule has 3 aromatic rings. The highest BCUT2D eigenvalue weighted by atomic mass is 127. The molecule has 3 aromatic carbocycles. The topological polar surface area (TPSA) is 53.2 Å². The fraction of sp³-hybridized carbons (Fsp3) is 0.130. The molecule has 0 saturated carbocycles. The molecule has 0 heterocycles. The molecule has 166 valence electrons. The average molecular weight is 619 g/mol. The SMILES string of the molecule is O=C(NC(NC(=S)Nc1ccc(I)cc1)C(Cl)(Cl)Cl)C(c1ccccc1)c1ccccc1. The zero-order valence-electron chi connectivity index (χ0n) is 16.6. The van der Waals surface area contributed by atoms with E-state index in [4.69, 9.17) is 47.0 Å². The third kappa shape index (κ3) is 7.22. The van der Waals surface area contributed by atoms with E-state index in [1.54, 1.807) is 0 Å². The van der Waals surface area contributed by atoms with Gasteiger partial charge in [-0.25, -0.2) is 0 Å². The van der Waals surface area contributed by atoms with E-state index in [1.807, 2.05) is 84.9 Å². The van der Waals surface area contributed by atoms with E-state index < -0.39 is 15.9 Å². The Bertz CT molecular complexity index is 1010. The number of halogens is 4. The van der Waals surface area contributed by atoms with Crippen molar-refractivity contribution in [3.05, 3.63) is 99.6 Å². The Kier molecular flexibility index (Phi) is 9.02. The average Bonchev–Trinajstić information content (AvgIpc) is 2.76.